The average Bonchev–Trinajstić information content (AvgIpc) is 2.49. The normalized spacial score (nSPS) is 10.3. The van der Waals surface area contributed by atoms with E-state index in [2.05, 4.69) is 17.2 Å². The van der Waals surface area contributed by atoms with Crippen LogP contribution in [0.15, 0.2) is 42.6 Å². The highest BCUT2D eigenvalue weighted by atomic mass is 16.6. The van der Waals surface area contributed by atoms with E-state index < -0.39 is 4.92 Å². The van der Waals surface area contributed by atoms with Crippen LogP contribution in [-0.2, 0) is 6.54 Å². The van der Waals surface area contributed by atoms with Gasteiger partial charge >= 0.3 is 5.69 Å². The van der Waals surface area contributed by atoms with Gasteiger partial charge in [0, 0.05) is 24.4 Å². The second kappa shape index (κ2) is 7.35. The molecule has 1 N–H and O–H groups in total. The molecule has 0 aliphatic heterocycles. The maximum absolute atomic E-state index is 11.0. The average molecular weight is 287 g/mol. The summed E-state index contributed by atoms with van der Waals surface area (Å²) >= 11 is 0. The largest absolute Gasteiger partial charge is 0.431 e. The number of hydrogen-bond acceptors (Lipinski definition) is 5. The van der Waals surface area contributed by atoms with Crippen LogP contribution >= 0.6 is 0 Å². The summed E-state index contributed by atoms with van der Waals surface area (Å²) in [7, 11) is 0. The van der Waals surface area contributed by atoms with E-state index in [0.29, 0.717) is 12.4 Å². The van der Waals surface area contributed by atoms with E-state index in [1.54, 1.807) is 24.4 Å². The SMILES string of the molecule is CCCNCc1cccnc1Oc1ccccc1[N+](=O)[O-]. The van der Waals surface area contributed by atoms with E-state index in [0.717, 1.165) is 18.5 Å². The highest BCUT2D eigenvalue weighted by molar-refractivity contribution is 5.48. The highest BCUT2D eigenvalue weighted by Gasteiger charge is 2.16. The van der Waals surface area contributed by atoms with E-state index in [4.69, 9.17) is 4.74 Å². The van der Waals surface area contributed by atoms with Crippen molar-refractivity contribution in [2.45, 2.75) is 19.9 Å². The van der Waals surface area contributed by atoms with Crippen LogP contribution in [0.25, 0.3) is 0 Å². The van der Waals surface area contributed by atoms with E-state index in [9.17, 15) is 10.1 Å². The van der Waals surface area contributed by atoms with Gasteiger partial charge in [-0.25, -0.2) is 4.98 Å². The molecular weight excluding hydrogens is 270 g/mol. The Bertz CT molecular complexity index is 617. The molecule has 1 aromatic carbocycles. The van der Waals surface area contributed by atoms with Gasteiger partial charge in [0.05, 0.1) is 4.92 Å². The summed E-state index contributed by atoms with van der Waals surface area (Å²) in [6.45, 7) is 3.58. The number of ether oxygens (including phenoxy) is 1. The number of nitrogens with one attached hydrogen (secondary N) is 1. The minimum absolute atomic E-state index is 0.0735. The Hall–Kier alpha value is -2.47. The van der Waals surface area contributed by atoms with Gasteiger partial charge < -0.3 is 10.1 Å². The lowest BCUT2D eigenvalue weighted by atomic mass is 10.2. The lowest BCUT2D eigenvalue weighted by molar-refractivity contribution is -0.385. The predicted molar refractivity (Wildman–Crippen MR) is 79.4 cm³/mol. The fourth-order valence-corrected chi connectivity index (χ4v) is 1.85. The summed E-state index contributed by atoms with van der Waals surface area (Å²) in [5, 5.41) is 14.3. The van der Waals surface area contributed by atoms with Crippen LogP contribution in [0.2, 0.25) is 0 Å². The second-order valence-corrected chi connectivity index (χ2v) is 4.47. The molecule has 6 heteroatoms. The quantitative estimate of drug-likeness (QED) is 0.480. The Morgan fingerprint density at radius 3 is 2.86 bits per heavy atom. The summed E-state index contributed by atoms with van der Waals surface area (Å²) in [6.07, 6.45) is 2.63. The zero-order valence-electron chi connectivity index (χ0n) is 11.8. The highest BCUT2D eigenvalue weighted by Crippen LogP contribution is 2.31. The zero-order valence-corrected chi connectivity index (χ0v) is 11.8. The molecule has 2 rings (SSSR count). The molecule has 1 aromatic heterocycles. The first-order chi connectivity index (χ1) is 10.2. The van der Waals surface area contributed by atoms with Gasteiger partial charge in [0.15, 0.2) is 0 Å². The Balaban J connectivity index is 2.22. The Kier molecular flexibility index (Phi) is 5.22. The Morgan fingerprint density at radius 2 is 2.10 bits per heavy atom. The van der Waals surface area contributed by atoms with Crippen LogP contribution in [0.3, 0.4) is 0 Å². The van der Waals surface area contributed by atoms with Crippen LogP contribution in [0.1, 0.15) is 18.9 Å². The standard InChI is InChI=1S/C15H17N3O3/c1-2-9-16-11-12-6-5-10-17-15(12)21-14-8-4-3-7-13(14)18(19)20/h3-8,10,16H,2,9,11H2,1H3. The zero-order chi connectivity index (χ0) is 15.1. The lowest BCUT2D eigenvalue weighted by Gasteiger charge is -2.10. The van der Waals surface area contributed by atoms with Gasteiger partial charge in [-0.3, -0.25) is 10.1 Å². The summed E-state index contributed by atoms with van der Waals surface area (Å²) < 4.78 is 5.64. The van der Waals surface area contributed by atoms with Gasteiger partial charge in [0.2, 0.25) is 11.6 Å². The fourth-order valence-electron chi connectivity index (χ4n) is 1.85. The molecule has 6 nitrogen and oxygen atoms in total. The fraction of sp³-hybridized carbons (Fsp3) is 0.267. The van der Waals surface area contributed by atoms with Gasteiger partial charge in [0.25, 0.3) is 0 Å². The number of nitro benzene ring substituents is 1. The van der Waals surface area contributed by atoms with Gasteiger partial charge in [-0.1, -0.05) is 25.1 Å². The molecule has 0 radical (unpaired) electrons. The summed E-state index contributed by atoms with van der Waals surface area (Å²) in [5.74, 6) is 0.577. The topological polar surface area (TPSA) is 77.3 Å². The number of aromatic nitrogens is 1. The van der Waals surface area contributed by atoms with Crippen molar-refractivity contribution in [3.05, 3.63) is 58.3 Å². The summed E-state index contributed by atoms with van der Waals surface area (Å²) in [5.41, 5.74) is 0.791. The molecule has 0 amide bonds. The minimum Gasteiger partial charge on any atom is -0.431 e. The van der Waals surface area contributed by atoms with Gasteiger partial charge in [-0.05, 0) is 25.1 Å². The Labute approximate surface area is 122 Å². The molecule has 0 saturated carbocycles. The van der Waals surface area contributed by atoms with Crippen LogP contribution in [-0.4, -0.2) is 16.5 Å². The molecule has 0 atom stereocenters. The maximum Gasteiger partial charge on any atom is 0.311 e. The van der Waals surface area contributed by atoms with Crippen molar-refractivity contribution in [3.8, 4) is 11.6 Å². The minimum atomic E-state index is -0.465. The third kappa shape index (κ3) is 4.00. The smallest absolute Gasteiger partial charge is 0.311 e. The first kappa shape index (κ1) is 14.9. The maximum atomic E-state index is 11.0. The van der Waals surface area contributed by atoms with Crippen molar-refractivity contribution >= 4 is 5.69 Å². The lowest BCUT2D eigenvalue weighted by Crippen LogP contribution is -2.14. The third-order valence-electron chi connectivity index (χ3n) is 2.86. The number of para-hydroxylation sites is 2. The Morgan fingerprint density at radius 1 is 1.29 bits per heavy atom. The van der Waals surface area contributed by atoms with E-state index in [1.165, 1.54) is 6.07 Å². The summed E-state index contributed by atoms with van der Waals surface area (Å²) in [6, 6.07) is 9.98. The third-order valence-corrected chi connectivity index (χ3v) is 2.86. The molecule has 0 saturated heterocycles. The van der Waals surface area contributed by atoms with Gasteiger partial charge in [-0.2, -0.15) is 0 Å². The van der Waals surface area contributed by atoms with Crippen LogP contribution in [0.5, 0.6) is 11.6 Å². The van der Waals surface area contributed by atoms with E-state index in [-0.39, 0.29) is 11.4 Å². The molecule has 0 bridgehead atoms. The van der Waals surface area contributed by atoms with Crippen molar-refractivity contribution in [1.82, 2.24) is 10.3 Å². The molecule has 0 spiro atoms. The van der Waals surface area contributed by atoms with Gasteiger partial charge in [-0.15, -0.1) is 0 Å². The molecule has 0 aliphatic rings. The number of rotatable bonds is 7. The molecule has 2 aromatic rings. The molecule has 110 valence electrons. The predicted octanol–water partition coefficient (Wildman–Crippen LogP) is 3.28. The van der Waals surface area contributed by atoms with Crippen molar-refractivity contribution in [2.75, 3.05) is 6.54 Å². The number of benzene rings is 1. The van der Waals surface area contributed by atoms with E-state index >= 15 is 0 Å². The second-order valence-electron chi connectivity index (χ2n) is 4.47. The van der Waals surface area contributed by atoms with E-state index in [1.807, 2.05) is 12.1 Å². The van der Waals surface area contributed by atoms with Crippen LogP contribution in [0.4, 0.5) is 5.69 Å². The molecule has 0 unspecified atom stereocenters. The number of nitro groups is 1. The van der Waals surface area contributed by atoms with Crippen molar-refractivity contribution in [2.24, 2.45) is 0 Å². The van der Waals surface area contributed by atoms with Crippen molar-refractivity contribution in [3.63, 3.8) is 0 Å². The molecule has 21 heavy (non-hydrogen) atoms. The van der Waals surface area contributed by atoms with Crippen LogP contribution in [0, 0.1) is 10.1 Å². The van der Waals surface area contributed by atoms with Crippen molar-refractivity contribution in [1.29, 1.82) is 0 Å². The first-order valence-corrected chi connectivity index (χ1v) is 6.78. The van der Waals surface area contributed by atoms with Crippen molar-refractivity contribution < 1.29 is 9.66 Å². The number of hydrogen-bond donors (Lipinski definition) is 1. The molecule has 0 fully saturated rings. The number of pyridine rings is 1. The molecular formula is C15H17N3O3. The molecule has 1 heterocycles. The van der Waals surface area contributed by atoms with Gasteiger partial charge in [0.1, 0.15) is 0 Å². The van der Waals surface area contributed by atoms with Crippen LogP contribution < -0.4 is 10.1 Å². The first-order valence-electron chi connectivity index (χ1n) is 6.78. The summed E-state index contributed by atoms with van der Waals surface area (Å²) in [4.78, 5) is 14.7. The monoisotopic (exact) mass is 287 g/mol. The molecule has 0 aliphatic carbocycles. The number of nitrogens with zero attached hydrogens (tertiary/aromatic N) is 2.